The van der Waals surface area contributed by atoms with Crippen LogP contribution in [0.2, 0.25) is 0 Å². The Balaban J connectivity index is 0. The number of nitrogen functional groups attached to an aromatic ring is 1. The van der Waals surface area contributed by atoms with Gasteiger partial charge in [-0.2, -0.15) is 4.57 Å². The fourth-order valence-corrected chi connectivity index (χ4v) is 2.75. The Morgan fingerprint density at radius 3 is 2.75 bits per heavy atom. The third-order valence-corrected chi connectivity index (χ3v) is 4.00. The molecule has 0 radical (unpaired) electrons. The topological polar surface area (TPSA) is 75.9 Å². The third kappa shape index (κ3) is 4.65. The average Bonchev–Trinajstić information content (AvgIpc) is 2.66. The molecule has 2 rings (SSSR count). The molecular weight excluding hydrogens is 307 g/mol. The maximum absolute atomic E-state index is 8.98. The number of aryl methyl sites for hydroxylation is 1. The Morgan fingerprint density at radius 1 is 1.45 bits per heavy atom. The van der Waals surface area contributed by atoms with Crippen LogP contribution >= 0.6 is 11.3 Å². The fraction of sp³-hybridized carbons (Fsp3) is 0.417. The Kier molecular flexibility index (Phi) is 8.81. The number of thiazole rings is 1. The van der Waals surface area contributed by atoms with E-state index in [1.807, 2.05) is 19.4 Å². The molecule has 2 aromatic heterocycles. The van der Waals surface area contributed by atoms with Crippen molar-refractivity contribution in [2.45, 2.75) is 26.8 Å². The average molecular weight is 325 g/mol. The minimum atomic E-state index is 0. The minimum absolute atomic E-state index is 0. The molecule has 106 valence electrons. The van der Waals surface area contributed by atoms with Crippen LogP contribution in [0.15, 0.2) is 11.7 Å². The van der Waals surface area contributed by atoms with Gasteiger partial charge < -0.3 is 24.7 Å². The summed E-state index contributed by atoms with van der Waals surface area (Å²) in [5.41, 5.74) is 10.0. The summed E-state index contributed by atoms with van der Waals surface area (Å²) in [6.07, 6.45) is 2.47. The quantitative estimate of drug-likeness (QED) is 0.435. The van der Waals surface area contributed by atoms with Gasteiger partial charge in [-0.25, -0.2) is 9.97 Å². The standard InChI is InChI=1S/C12H17N4OS.ClH.Na.H/c1-8-11(3-4-17)18-7-16(8)6-10-5-14-9(2)15-12(10)13;;;/h5,7,17H,3-4,6H2,1-2H3,(H2,13,14,15);1H;;/q+1;;+1;-1/p-1. The smallest absolute Gasteiger partial charge is 1.00 e. The van der Waals surface area contributed by atoms with E-state index in [1.165, 1.54) is 4.88 Å². The summed E-state index contributed by atoms with van der Waals surface area (Å²) < 4.78 is 2.11. The van der Waals surface area contributed by atoms with Crippen molar-refractivity contribution in [1.29, 1.82) is 0 Å². The number of anilines is 1. The van der Waals surface area contributed by atoms with Gasteiger partial charge in [0.1, 0.15) is 11.6 Å². The van der Waals surface area contributed by atoms with E-state index in [9.17, 15) is 0 Å². The number of nitrogens with two attached hydrogens (primary N) is 1. The number of aromatic nitrogens is 3. The monoisotopic (exact) mass is 324 g/mol. The van der Waals surface area contributed by atoms with E-state index in [4.69, 9.17) is 10.8 Å². The van der Waals surface area contributed by atoms with Crippen LogP contribution in [0.25, 0.3) is 0 Å². The molecular formula is C12H18ClN4NaOS. The molecule has 8 heteroatoms. The van der Waals surface area contributed by atoms with Gasteiger partial charge in [0, 0.05) is 26.1 Å². The summed E-state index contributed by atoms with van der Waals surface area (Å²) in [6, 6.07) is 0. The first-order valence-electron chi connectivity index (χ1n) is 5.77. The van der Waals surface area contributed by atoms with Gasteiger partial charge in [0.05, 0.1) is 10.4 Å². The van der Waals surface area contributed by atoms with E-state index >= 15 is 0 Å². The summed E-state index contributed by atoms with van der Waals surface area (Å²) in [7, 11) is 0. The number of rotatable bonds is 4. The molecule has 0 aliphatic rings. The zero-order valence-electron chi connectivity index (χ0n) is 12.9. The Labute approximate surface area is 152 Å². The molecule has 2 heterocycles. The van der Waals surface area contributed by atoms with E-state index in [0.717, 1.165) is 11.3 Å². The number of nitrogens with zero attached hydrogens (tertiary/aromatic N) is 3. The van der Waals surface area contributed by atoms with Gasteiger partial charge in [0.15, 0.2) is 12.2 Å². The van der Waals surface area contributed by atoms with Gasteiger partial charge in [0.2, 0.25) is 5.51 Å². The molecule has 3 N–H and O–H groups in total. The van der Waals surface area contributed by atoms with Gasteiger partial charge in [-0.05, 0) is 6.92 Å². The fourth-order valence-electron chi connectivity index (χ4n) is 1.77. The van der Waals surface area contributed by atoms with Crippen LogP contribution in [0.1, 0.15) is 23.4 Å². The van der Waals surface area contributed by atoms with Crippen molar-refractivity contribution in [3.8, 4) is 0 Å². The van der Waals surface area contributed by atoms with Crippen molar-refractivity contribution in [3.05, 3.63) is 33.7 Å². The molecule has 20 heavy (non-hydrogen) atoms. The van der Waals surface area contributed by atoms with Crippen molar-refractivity contribution in [2.75, 3.05) is 12.3 Å². The summed E-state index contributed by atoms with van der Waals surface area (Å²) >= 11 is 1.65. The van der Waals surface area contributed by atoms with Gasteiger partial charge in [0.25, 0.3) is 0 Å². The van der Waals surface area contributed by atoms with Crippen LogP contribution in [0, 0.1) is 13.8 Å². The number of hydrogen-bond donors (Lipinski definition) is 2. The summed E-state index contributed by atoms with van der Waals surface area (Å²) in [5.74, 6) is 1.22. The molecule has 0 fully saturated rings. The molecule has 0 bridgehead atoms. The Hall–Kier alpha value is -0.240. The zero-order chi connectivity index (χ0) is 13.1. The Morgan fingerprint density at radius 2 is 2.15 bits per heavy atom. The summed E-state index contributed by atoms with van der Waals surface area (Å²) in [4.78, 5) is 9.53. The van der Waals surface area contributed by atoms with Crippen LogP contribution in [0.3, 0.4) is 0 Å². The van der Waals surface area contributed by atoms with Crippen molar-refractivity contribution >= 4 is 17.2 Å². The number of halogens is 1. The van der Waals surface area contributed by atoms with Gasteiger partial charge in [-0.1, -0.05) is 11.3 Å². The van der Waals surface area contributed by atoms with E-state index in [-0.39, 0.29) is 50.0 Å². The summed E-state index contributed by atoms with van der Waals surface area (Å²) in [5, 5.41) is 8.98. The normalized spacial score (nSPS) is 9.75. The van der Waals surface area contributed by atoms with Crippen LogP contribution in [0.4, 0.5) is 5.82 Å². The number of aliphatic hydroxyl groups excluding tert-OH is 1. The first-order chi connectivity index (χ1) is 8.61. The first kappa shape index (κ1) is 19.8. The second-order valence-electron chi connectivity index (χ2n) is 4.16. The van der Waals surface area contributed by atoms with Crippen molar-refractivity contribution in [3.63, 3.8) is 0 Å². The van der Waals surface area contributed by atoms with E-state index in [0.29, 0.717) is 24.6 Å². The zero-order valence-corrected chi connectivity index (χ0v) is 15.5. The van der Waals surface area contributed by atoms with E-state index in [2.05, 4.69) is 14.5 Å². The van der Waals surface area contributed by atoms with Crippen LogP contribution < -0.4 is 52.3 Å². The van der Waals surface area contributed by atoms with Crippen molar-refractivity contribution in [1.82, 2.24) is 9.97 Å². The second kappa shape index (κ2) is 8.92. The largest absolute Gasteiger partial charge is 1.00 e. The molecule has 0 unspecified atom stereocenters. The van der Waals surface area contributed by atoms with Crippen molar-refractivity contribution < 1.29 is 53.1 Å². The molecule has 0 amide bonds. The van der Waals surface area contributed by atoms with E-state index < -0.39 is 0 Å². The molecule has 0 aliphatic carbocycles. The molecule has 0 aliphatic heterocycles. The van der Waals surface area contributed by atoms with Gasteiger partial charge >= 0.3 is 29.6 Å². The summed E-state index contributed by atoms with van der Waals surface area (Å²) in [6.45, 7) is 4.71. The molecule has 2 aromatic rings. The number of aliphatic hydroxyl groups is 1. The molecule has 0 atom stereocenters. The molecule has 0 saturated carbocycles. The predicted molar refractivity (Wildman–Crippen MR) is 71.4 cm³/mol. The van der Waals surface area contributed by atoms with Crippen LogP contribution in [-0.2, 0) is 13.0 Å². The molecule has 5 nitrogen and oxygen atoms in total. The maximum Gasteiger partial charge on any atom is 1.00 e. The van der Waals surface area contributed by atoms with Crippen molar-refractivity contribution in [2.24, 2.45) is 0 Å². The molecule has 0 saturated heterocycles. The number of hydrogen-bond acceptors (Lipinski definition) is 5. The maximum atomic E-state index is 8.98. The molecule has 0 aromatic carbocycles. The van der Waals surface area contributed by atoms with E-state index in [1.54, 1.807) is 17.5 Å². The second-order valence-corrected chi connectivity index (χ2v) is 5.10. The van der Waals surface area contributed by atoms with Crippen LogP contribution in [0.5, 0.6) is 0 Å². The molecule has 0 spiro atoms. The predicted octanol–water partition coefficient (Wildman–Crippen LogP) is -5.27. The van der Waals surface area contributed by atoms with Crippen LogP contribution in [-0.4, -0.2) is 21.7 Å². The first-order valence-corrected chi connectivity index (χ1v) is 6.65. The van der Waals surface area contributed by atoms with Gasteiger partial charge in [-0.15, -0.1) is 0 Å². The minimum Gasteiger partial charge on any atom is -1.00 e. The Bertz CT molecular complexity index is 570. The third-order valence-electron chi connectivity index (χ3n) is 2.85. The SMILES string of the molecule is Cc1ncc(C[n+]2csc(CCO)c2C)c(N)n1.[Cl-].[H-].[Na+]. The van der Waals surface area contributed by atoms with Gasteiger partial charge in [-0.3, -0.25) is 0 Å².